The van der Waals surface area contributed by atoms with Crippen LogP contribution < -0.4 is 5.32 Å². The fourth-order valence-corrected chi connectivity index (χ4v) is 2.59. The SMILES string of the molecule is CCN(CC)CCCNC(=S)OCc1cnc2ccccc2c1. The van der Waals surface area contributed by atoms with Crippen LogP contribution in [0.5, 0.6) is 0 Å². The van der Waals surface area contributed by atoms with Gasteiger partial charge in [0.25, 0.3) is 5.17 Å². The number of rotatable bonds is 8. The Kier molecular flexibility index (Phi) is 7.23. The van der Waals surface area contributed by atoms with E-state index in [9.17, 15) is 0 Å². The maximum Gasteiger partial charge on any atom is 0.256 e. The van der Waals surface area contributed by atoms with Crippen LogP contribution in [0.1, 0.15) is 25.8 Å². The summed E-state index contributed by atoms with van der Waals surface area (Å²) in [6.45, 7) is 8.91. The minimum atomic E-state index is 0.444. The van der Waals surface area contributed by atoms with Crippen LogP contribution in [0.3, 0.4) is 0 Å². The minimum Gasteiger partial charge on any atom is -0.466 e. The van der Waals surface area contributed by atoms with Crippen LogP contribution in [0.25, 0.3) is 10.9 Å². The molecule has 2 aromatic rings. The van der Waals surface area contributed by atoms with Crippen molar-refractivity contribution in [3.63, 3.8) is 0 Å². The number of para-hydroxylation sites is 1. The van der Waals surface area contributed by atoms with Crippen molar-refractivity contribution in [1.82, 2.24) is 15.2 Å². The monoisotopic (exact) mass is 331 g/mol. The molecule has 1 aromatic carbocycles. The number of thiocarbonyl (C=S) groups is 1. The third kappa shape index (κ3) is 5.77. The van der Waals surface area contributed by atoms with Gasteiger partial charge in [0.2, 0.25) is 0 Å². The van der Waals surface area contributed by atoms with Crippen LogP contribution >= 0.6 is 12.2 Å². The molecular weight excluding hydrogens is 306 g/mol. The number of fused-ring (bicyclic) bond motifs is 1. The highest BCUT2D eigenvalue weighted by atomic mass is 32.1. The summed E-state index contributed by atoms with van der Waals surface area (Å²) in [5.74, 6) is 0. The van der Waals surface area contributed by atoms with Crippen LogP contribution in [-0.2, 0) is 11.3 Å². The molecule has 0 aliphatic carbocycles. The van der Waals surface area contributed by atoms with Gasteiger partial charge >= 0.3 is 0 Å². The number of aromatic nitrogens is 1. The molecule has 0 aliphatic heterocycles. The molecule has 0 spiro atoms. The van der Waals surface area contributed by atoms with E-state index in [0.717, 1.165) is 49.1 Å². The normalized spacial score (nSPS) is 10.9. The minimum absolute atomic E-state index is 0.444. The molecule has 0 aliphatic rings. The maximum atomic E-state index is 5.60. The lowest BCUT2D eigenvalue weighted by molar-refractivity contribution is 0.279. The van der Waals surface area contributed by atoms with Crippen LogP contribution in [-0.4, -0.2) is 41.2 Å². The lowest BCUT2D eigenvalue weighted by Gasteiger charge is -2.18. The van der Waals surface area contributed by atoms with Crippen molar-refractivity contribution in [2.45, 2.75) is 26.9 Å². The number of pyridine rings is 1. The summed E-state index contributed by atoms with van der Waals surface area (Å²) in [6, 6.07) is 10.1. The number of nitrogens with zero attached hydrogens (tertiary/aromatic N) is 2. The van der Waals surface area contributed by atoms with Gasteiger partial charge in [0.15, 0.2) is 0 Å². The quantitative estimate of drug-likeness (QED) is 0.593. The van der Waals surface area contributed by atoms with Crippen LogP contribution in [0.15, 0.2) is 36.5 Å². The van der Waals surface area contributed by atoms with E-state index in [1.165, 1.54) is 0 Å². The Bertz CT molecular complexity index is 628. The fraction of sp³-hybridized carbons (Fsp3) is 0.444. The summed E-state index contributed by atoms with van der Waals surface area (Å²) in [6.07, 6.45) is 2.90. The molecule has 23 heavy (non-hydrogen) atoms. The summed E-state index contributed by atoms with van der Waals surface area (Å²) in [4.78, 5) is 6.82. The van der Waals surface area contributed by atoms with Crippen molar-refractivity contribution in [2.24, 2.45) is 0 Å². The molecule has 0 saturated heterocycles. The van der Waals surface area contributed by atoms with Gasteiger partial charge in [-0.25, -0.2) is 0 Å². The highest BCUT2D eigenvalue weighted by Crippen LogP contribution is 2.13. The highest BCUT2D eigenvalue weighted by Gasteiger charge is 2.02. The van der Waals surface area contributed by atoms with E-state index >= 15 is 0 Å². The van der Waals surface area contributed by atoms with Gasteiger partial charge in [0, 0.05) is 23.7 Å². The van der Waals surface area contributed by atoms with E-state index in [1.54, 1.807) is 0 Å². The average molecular weight is 331 g/mol. The summed E-state index contributed by atoms with van der Waals surface area (Å²) >= 11 is 5.22. The van der Waals surface area contributed by atoms with Gasteiger partial charge in [0.05, 0.1) is 5.52 Å². The molecule has 0 unspecified atom stereocenters. The van der Waals surface area contributed by atoms with Crippen molar-refractivity contribution in [2.75, 3.05) is 26.2 Å². The van der Waals surface area contributed by atoms with Crippen molar-refractivity contribution in [1.29, 1.82) is 0 Å². The zero-order valence-corrected chi connectivity index (χ0v) is 14.7. The van der Waals surface area contributed by atoms with Gasteiger partial charge in [-0.2, -0.15) is 0 Å². The lowest BCUT2D eigenvalue weighted by atomic mass is 10.2. The van der Waals surface area contributed by atoms with E-state index < -0.39 is 0 Å². The van der Waals surface area contributed by atoms with E-state index in [2.05, 4.69) is 41.2 Å². The number of ether oxygens (including phenoxy) is 1. The third-order valence-electron chi connectivity index (χ3n) is 3.83. The van der Waals surface area contributed by atoms with Crippen LogP contribution in [0.2, 0.25) is 0 Å². The lowest BCUT2D eigenvalue weighted by Crippen LogP contribution is -2.30. The van der Waals surface area contributed by atoms with E-state index in [1.807, 2.05) is 24.4 Å². The Hall–Kier alpha value is -1.72. The van der Waals surface area contributed by atoms with Crippen molar-refractivity contribution < 1.29 is 4.74 Å². The first kappa shape index (κ1) is 17.6. The zero-order chi connectivity index (χ0) is 16.5. The second kappa shape index (κ2) is 9.43. The Morgan fingerprint density at radius 3 is 2.83 bits per heavy atom. The molecular formula is C18H25N3OS. The molecule has 5 heteroatoms. The maximum absolute atomic E-state index is 5.60. The number of hydrogen-bond acceptors (Lipinski definition) is 4. The van der Waals surface area contributed by atoms with Crippen molar-refractivity contribution in [3.8, 4) is 0 Å². The molecule has 0 bridgehead atoms. The van der Waals surface area contributed by atoms with Crippen LogP contribution in [0, 0.1) is 0 Å². The molecule has 0 fully saturated rings. The summed E-state index contributed by atoms with van der Waals surface area (Å²) in [5, 5.41) is 4.73. The molecule has 1 aromatic heterocycles. The van der Waals surface area contributed by atoms with Gasteiger partial charge < -0.3 is 15.0 Å². The molecule has 0 radical (unpaired) electrons. The summed E-state index contributed by atoms with van der Waals surface area (Å²) in [5.41, 5.74) is 2.02. The molecule has 2 rings (SSSR count). The Labute approximate surface area is 143 Å². The molecule has 124 valence electrons. The zero-order valence-electron chi connectivity index (χ0n) is 13.9. The van der Waals surface area contributed by atoms with Gasteiger partial charge in [-0.15, -0.1) is 0 Å². The van der Waals surface area contributed by atoms with Gasteiger partial charge in [0.1, 0.15) is 6.61 Å². The smallest absolute Gasteiger partial charge is 0.256 e. The molecule has 4 nitrogen and oxygen atoms in total. The number of hydrogen-bond donors (Lipinski definition) is 1. The molecule has 0 amide bonds. The van der Waals surface area contributed by atoms with Gasteiger partial charge in [-0.05, 0) is 50.4 Å². The first-order valence-electron chi connectivity index (χ1n) is 8.19. The standard InChI is InChI=1S/C18H25N3OS/c1-3-21(4-2)11-7-10-19-18(23)22-14-15-12-16-8-5-6-9-17(16)20-13-15/h5-6,8-9,12-13H,3-4,7,10-11,14H2,1-2H3,(H,19,23). The molecule has 1 heterocycles. The second-order valence-corrected chi connectivity index (χ2v) is 5.79. The van der Waals surface area contributed by atoms with E-state index in [4.69, 9.17) is 17.0 Å². The molecule has 1 N–H and O–H groups in total. The molecule has 0 saturated carbocycles. The largest absolute Gasteiger partial charge is 0.466 e. The van der Waals surface area contributed by atoms with Crippen molar-refractivity contribution >= 4 is 28.3 Å². The topological polar surface area (TPSA) is 37.4 Å². The predicted octanol–water partition coefficient (Wildman–Crippen LogP) is 3.36. The Morgan fingerprint density at radius 2 is 2.04 bits per heavy atom. The van der Waals surface area contributed by atoms with Gasteiger partial charge in [-0.1, -0.05) is 32.0 Å². The number of nitrogens with one attached hydrogen (secondary N) is 1. The first-order chi connectivity index (χ1) is 11.2. The highest BCUT2D eigenvalue weighted by molar-refractivity contribution is 7.80. The summed E-state index contributed by atoms with van der Waals surface area (Å²) < 4.78 is 5.60. The first-order valence-corrected chi connectivity index (χ1v) is 8.60. The van der Waals surface area contributed by atoms with E-state index in [-0.39, 0.29) is 0 Å². The fourth-order valence-electron chi connectivity index (χ4n) is 2.43. The van der Waals surface area contributed by atoms with E-state index in [0.29, 0.717) is 11.8 Å². The Morgan fingerprint density at radius 1 is 1.26 bits per heavy atom. The van der Waals surface area contributed by atoms with Crippen molar-refractivity contribution in [3.05, 3.63) is 42.1 Å². The predicted molar refractivity (Wildman–Crippen MR) is 99.5 cm³/mol. The third-order valence-corrected chi connectivity index (χ3v) is 4.09. The summed E-state index contributed by atoms with van der Waals surface area (Å²) in [7, 11) is 0. The number of benzene rings is 1. The van der Waals surface area contributed by atoms with Gasteiger partial charge in [-0.3, -0.25) is 4.98 Å². The second-order valence-electron chi connectivity index (χ2n) is 5.42. The Balaban J connectivity index is 1.71. The average Bonchev–Trinajstić information content (AvgIpc) is 2.60. The van der Waals surface area contributed by atoms with Crippen LogP contribution in [0.4, 0.5) is 0 Å². The molecule has 0 atom stereocenters.